The maximum absolute atomic E-state index is 4.13. The fourth-order valence-electron chi connectivity index (χ4n) is 4.92. The molecule has 0 N–H and O–H groups in total. The number of hydrogen-bond donors (Lipinski definition) is 0. The van der Waals surface area contributed by atoms with E-state index in [2.05, 4.69) is 20.8 Å². The molecular weight excluding hydrogens is 360 g/mol. The summed E-state index contributed by atoms with van der Waals surface area (Å²) in [4.78, 5) is 0. The van der Waals surface area contributed by atoms with Crippen molar-refractivity contribution >= 4 is 0 Å². The van der Waals surface area contributed by atoms with Crippen molar-refractivity contribution in [2.75, 3.05) is 0 Å². The van der Waals surface area contributed by atoms with Gasteiger partial charge in [0.1, 0.15) is 0 Å². The molecule has 1 unspecified atom stereocenters. The summed E-state index contributed by atoms with van der Waals surface area (Å²) in [5.74, 6) is 0.972. The van der Waals surface area contributed by atoms with Crippen molar-refractivity contribution in [1.29, 1.82) is 0 Å². The van der Waals surface area contributed by atoms with E-state index in [0.29, 0.717) is 0 Å². The van der Waals surface area contributed by atoms with Crippen LogP contribution in [0.5, 0.6) is 0 Å². The molecule has 0 rings (SSSR count). The molecule has 0 spiro atoms. The first-order valence-electron chi connectivity index (χ1n) is 14.6. The predicted molar refractivity (Wildman–Crippen MR) is 140 cm³/mol. The van der Waals surface area contributed by atoms with E-state index in [1.54, 1.807) is 0 Å². The lowest BCUT2D eigenvalue weighted by atomic mass is 9.90. The zero-order chi connectivity index (χ0) is 22.0. The van der Waals surface area contributed by atoms with Gasteiger partial charge in [0.05, 0.1) is 0 Å². The van der Waals surface area contributed by atoms with E-state index in [9.17, 15) is 0 Å². The van der Waals surface area contributed by atoms with Gasteiger partial charge in [-0.1, -0.05) is 188 Å². The minimum atomic E-state index is 0.972. The Morgan fingerprint density at radius 3 is 0.900 bits per heavy atom. The summed E-state index contributed by atoms with van der Waals surface area (Å²) < 4.78 is 0. The molecule has 30 heavy (non-hydrogen) atoms. The molecule has 0 aromatic rings. The van der Waals surface area contributed by atoms with E-state index in [1.165, 1.54) is 161 Å². The monoisotopic (exact) mass is 421 g/mol. The summed E-state index contributed by atoms with van der Waals surface area (Å²) >= 11 is 0. The van der Waals surface area contributed by atoms with Crippen molar-refractivity contribution in [3.8, 4) is 0 Å². The summed E-state index contributed by atoms with van der Waals surface area (Å²) in [6.07, 6.45) is 37.6. The normalized spacial score (nSPS) is 12.5. The number of unbranched alkanes of at least 4 members (excludes halogenated alkanes) is 20. The molecule has 0 saturated carbocycles. The van der Waals surface area contributed by atoms with Gasteiger partial charge in [-0.2, -0.15) is 0 Å². The van der Waals surface area contributed by atoms with Gasteiger partial charge in [0.25, 0.3) is 0 Å². The highest BCUT2D eigenvalue weighted by atomic mass is 14.1. The minimum absolute atomic E-state index is 0.972. The van der Waals surface area contributed by atoms with Crippen molar-refractivity contribution in [1.82, 2.24) is 0 Å². The van der Waals surface area contributed by atoms with Crippen LogP contribution in [0.1, 0.15) is 181 Å². The molecule has 1 radical (unpaired) electrons. The molecule has 0 aliphatic rings. The highest BCUT2D eigenvalue weighted by Gasteiger charge is 2.07. The molecule has 0 saturated heterocycles. The zero-order valence-corrected chi connectivity index (χ0v) is 21.7. The molecular formula is C30H61. The smallest absolute Gasteiger partial charge is 0.0414 e. The first-order chi connectivity index (χ1) is 14.8. The van der Waals surface area contributed by atoms with Crippen LogP contribution in [0.15, 0.2) is 0 Å². The van der Waals surface area contributed by atoms with E-state index in [1.807, 2.05) is 0 Å². The molecule has 0 fully saturated rings. The van der Waals surface area contributed by atoms with Crippen LogP contribution in [0.2, 0.25) is 0 Å². The van der Waals surface area contributed by atoms with Gasteiger partial charge in [0, 0.05) is 0 Å². The third-order valence-electron chi connectivity index (χ3n) is 7.04. The van der Waals surface area contributed by atoms with Crippen LogP contribution in [-0.4, -0.2) is 0 Å². The lowest BCUT2D eigenvalue weighted by Gasteiger charge is -2.16. The Hall–Kier alpha value is 0. The second kappa shape index (κ2) is 27.0. The maximum atomic E-state index is 4.13. The van der Waals surface area contributed by atoms with Crippen molar-refractivity contribution in [3.63, 3.8) is 0 Å². The SMILES string of the molecule is [CH2]CCC(CCCCCCCCCC)CCCCCCCCCCCCCCCC. The second-order valence-electron chi connectivity index (χ2n) is 10.2. The molecule has 0 aliphatic carbocycles. The highest BCUT2D eigenvalue weighted by molar-refractivity contribution is 4.62. The quantitative estimate of drug-likeness (QED) is 0.122. The van der Waals surface area contributed by atoms with Gasteiger partial charge < -0.3 is 0 Å². The first kappa shape index (κ1) is 30.0. The Kier molecular flexibility index (Phi) is 27.0. The van der Waals surface area contributed by atoms with Gasteiger partial charge in [-0.3, -0.25) is 0 Å². The zero-order valence-electron chi connectivity index (χ0n) is 21.7. The van der Waals surface area contributed by atoms with Crippen LogP contribution in [0.3, 0.4) is 0 Å². The van der Waals surface area contributed by atoms with E-state index >= 15 is 0 Å². The molecule has 0 heterocycles. The Bertz CT molecular complexity index is 282. The number of hydrogen-bond acceptors (Lipinski definition) is 0. The van der Waals surface area contributed by atoms with Crippen LogP contribution in [0.25, 0.3) is 0 Å². The van der Waals surface area contributed by atoms with Gasteiger partial charge in [0.15, 0.2) is 0 Å². The Labute approximate surface area is 193 Å². The maximum Gasteiger partial charge on any atom is -0.0414 e. The standard InChI is InChI=1S/C30H61/c1-4-7-9-11-13-15-16-17-18-19-20-22-24-26-29-30(27-6-3)28-25-23-21-14-12-10-8-5-2/h30H,3-29H2,1-2H3. The predicted octanol–water partition coefficient (Wildman–Crippen LogP) is 11.6. The number of rotatable bonds is 26. The van der Waals surface area contributed by atoms with Gasteiger partial charge in [0.2, 0.25) is 0 Å². The second-order valence-corrected chi connectivity index (χ2v) is 10.2. The van der Waals surface area contributed by atoms with Crippen LogP contribution in [0.4, 0.5) is 0 Å². The van der Waals surface area contributed by atoms with Crippen LogP contribution < -0.4 is 0 Å². The highest BCUT2D eigenvalue weighted by Crippen LogP contribution is 2.23. The average Bonchev–Trinajstić information content (AvgIpc) is 2.75. The van der Waals surface area contributed by atoms with Crippen molar-refractivity contribution in [2.24, 2.45) is 5.92 Å². The van der Waals surface area contributed by atoms with Gasteiger partial charge in [-0.25, -0.2) is 0 Å². The molecule has 0 aromatic heterocycles. The molecule has 0 aliphatic heterocycles. The third kappa shape index (κ3) is 24.3. The summed E-state index contributed by atoms with van der Waals surface area (Å²) in [6.45, 7) is 8.74. The fourth-order valence-corrected chi connectivity index (χ4v) is 4.92. The van der Waals surface area contributed by atoms with Gasteiger partial charge in [-0.05, 0) is 5.92 Å². The van der Waals surface area contributed by atoms with Crippen molar-refractivity contribution < 1.29 is 0 Å². The summed E-state index contributed by atoms with van der Waals surface area (Å²) in [6, 6.07) is 0. The third-order valence-corrected chi connectivity index (χ3v) is 7.04. The topological polar surface area (TPSA) is 0 Å². The largest absolute Gasteiger partial charge is 0.0654 e. The fraction of sp³-hybridized carbons (Fsp3) is 0.967. The molecule has 181 valence electrons. The summed E-state index contributed by atoms with van der Waals surface area (Å²) in [7, 11) is 0. The van der Waals surface area contributed by atoms with E-state index < -0.39 is 0 Å². The summed E-state index contributed by atoms with van der Waals surface area (Å²) in [5, 5.41) is 0. The van der Waals surface area contributed by atoms with Crippen LogP contribution in [0, 0.1) is 12.8 Å². The Morgan fingerprint density at radius 2 is 0.633 bits per heavy atom. The summed E-state index contributed by atoms with van der Waals surface area (Å²) in [5.41, 5.74) is 0. The molecule has 0 bridgehead atoms. The molecule has 0 heteroatoms. The Balaban J connectivity index is 3.36. The first-order valence-corrected chi connectivity index (χ1v) is 14.6. The van der Waals surface area contributed by atoms with Crippen molar-refractivity contribution in [3.05, 3.63) is 6.92 Å². The molecule has 0 aromatic carbocycles. The van der Waals surface area contributed by atoms with E-state index in [4.69, 9.17) is 0 Å². The molecule has 1 atom stereocenters. The van der Waals surface area contributed by atoms with Crippen LogP contribution >= 0.6 is 0 Å². The van der Waals surface area contributed by atoms with Crippen LogP contribution in [-0.2, 0) is 0 Å². The minimum Gasteiger partial charge on any atom is -0.0654 e. The van der Waals surface area contributed by atoms with Crippen molar-refractivity contribution in [2.45, 2.75) is 181 Å². The Morgan fingerprint density at radius 1 is 0.367 bits per heavy atom. The molecule has 0 nitrogen and oxygen atoms in total. The van der Waals surface area contributed by atoms with Gasteiger partial charge >= 0.3 is 0 Å². The molecule has 0 amide bonds. The lowest BCUT2D eigenvalue weighted by Crippen LogP contribution is -2.00. The van der Waals surface area contributed by atoms with E-state index in [-0.39, 0.29) is 0 Å². The van der Waals surface area contributed by atoms with Gasteiger partial charge in [-0.15, -0.1) is 0 Å². The lowest BCUT2D eigenvalue weighted by molar-refractivity contribution is 0.381. The average molecular weight is 422 g/mol. The van der Waals surface area contributed by atoms with E-state index in [0.717, 1.165) is 12.3 Å².